The molecule has 2 aliphatic carbocycles. The van der Waals surface area contributed by atoms with Crippen molar-refractivity contribution in [1.29, 1.82) is 5.26 Å². The minimum atomic E-state index is 0.0364. The van der Waals surface area contributed by atoms with Crippen LogP contribution in [-0.2, 0) is 9.53 Å². The third-order valence-corrected chi connectivity index (χ3v) is 5.36. The zero-order valence-electron chi connectivity index (χ0n) is 12.4. The van der Waals surface area contributed by atoms with Crippen LogP contribution in [0.2, 0.25) is 0 Å². The molecule has 0 amide bonds. The molecule has 0 saturated heterocycles. The summed E-state index contributed by atoms with van der Waals surface area (Å²) < 4.78 is 5.43. The van der Waals surface area contributed by atoms with E-state index in [-0.39, 0.29) is 12.1 Å². The molecule has 0 bridgehead atoms. The normalized spacial score (nSPS) is 31.5. The zero-order chi connectivity index (χ0) is 15.9. The average molecular weight is 343 g/mol. The number of aliphatic imine (C=N–C) groups is 1. The largest absolute Gasteiger partial charge is 0.424 e. The van der Waals surface area contributed by atoms with Crippen molar-refractivity contribution < 1.29 is 9.53 Å². The van der Waals surface area contributed by atoms with E-state index in [4.69, 9.17) is 33.2 Å². The molecule has 6 heteroatoms. The smallest absolute Gasteiger partial charge is 0.286 e. The Hall–Kier alpha value is -1.01. The Labute approximate surface area is 141 Å². The van der Waals surface area contributed by atoms with Gasteiger partial charge in [0.05, 0.1) is 6.04 Å². The first kappa shape index (κ1) is 17.3. The number of hydrogen-bond acceptors (Lipinski definition) is 4. The van der Waals surface area contributed by atoms with Crippen molar-refractivity contribution in [2.24, 2.45) is 16.8 Å². The van der Waals surface area contributed by atoms with Crippen molar-refractivity contribution >= 4 is 29.3 Å². The summed E-state index contributed by atoms with van der Waals surface area (Å²) in [6.45, 7) is 0. The van der Waals surface area contributed by atoms with Gasteiger partial charge in [0.25, 0.3) is 6.26 Å². The molecular formula is C16H20Cl2N2O2. The van der Waals surface area contributed by atoms with Gasteiger partial charge in [0, 0.05) is 0 Å². The number of hydrogen-bond donors (Lipinski definition) is 0. The first-order valence-electron chi connectivity index (χ1n) is 7.82. The molecule has 120 valence electrons. The van der Waals surface area contributed by atoms with Gasteiger partial charge >= 0.3 is 0 Å². The lowest BCUT2D eigenvalue weighted by Gasteiger charge is -2.35. The van der Waals surface area contributed by atoms with Gasteiger partial charge in [-0.25, -0.2) is 9.79 Å². The van der Waals surface area contributed by atoms with E-state index >= 15 is 0 Å². The molecule has 0 aromatic carbocycles. The highest BCUT2D eigenvalue weighted by molar-refractivity contribution is 6.56. The van der Waals surface area contributed by atoms with Crippen molar-refractivity contribution in [2.75, 3.05) is 0 Å². The van der Waals surface area contributed by atoms with Crippen molar-refractivity contribution in [3.05, 3.63) is 10.1 Å². The molecule has 0 aliphatic heterocycles. The topological polar surface area (TPSA) is 62.4 Å². The number of halogens is 2. The lowest BCUT2D eigenvalue weighted by molar-refractivity contribution is 0.104. The van der Waals surface area contributed by atoms with E-state index in [0.717, 1.165) is 56.9 Å². The Morgan fingerprint density at radius 3 is 2.00 bits per heavy atom. The molecule has 2 aliphatic rings. The van der Waals surface area contributed by atoms with E-state index in [9.17, 15) is 4.79 Å². The standard InChI is InChI=1S/C16H20Cl2N2O2/c17-16(18)15(11-1-5-13(6-2-11)20-10-21)12-3-7-14(8-4-12)22-9-19/h11-14H,1-8H2. The monoisotopic (exact) mass is 342 g/mol. The second-order valence-electron chi connectivity index (χ2n) is 6.12. The molecule has 0 atom stereocenters. The van der Waals surface area contributed by atoms with E-state index in [2.05, 4.69) is 4.99 Å². The third-order valence-electron chi connectivity index (χ3n) is 4.92. The number of nitriles is 1. The predicted molar refractivity (Wildman–Crippen MR) is 85.0 cm³/mol. The first-order valence-corrected chi connectivity index (χ1v) is 8.58. The van der Waals surface area contributed by atoms with Crippen LogP contribution in [0.5, 0.6) is 0 Å². The number of ether oxygens (including phenoxy) is 1. The maximum Gasteiger partial charge on any atom is 0.286 e. The highest BCUT2D eigenvalue weighted by Crippen LogP contribution is 2.43. The molecule has 22 heavy (non-hydrogen) atoms. The molecule has 2 rings (SSSR count). The summed E-state index contributed by atoms with van der Waals surface area (Å²) in [7, 11) is 0. The zero-order valence-corrected chi connectivity index (χ0v) is 13.9. The van der Waals surface area contributed by atoms with E-state index in [0.29, 0.717) is 16.3 Å². The molecular weight excluding hydrogens is 323 g/mol. The quantitative estimate of drug-likeness (QED) is 0.425. The van der Waals surface area contributed by atoms with Gasteiger partial charge in [-0.15, -0.1) is 0 Å². The predicted octanol–water partition coefficient (Wildman–Crippen LogP) is 4.63. The van der Waals surface area contributed by atoms with Crippen LogP contribution in [0.4, 0.5) is 0 Å². The van der Waals surface area contributed by atoms with Crippen LogP contribution in [-0.4, -0.2) is 18.2 Å². The van der Waals surface area contributed by atoms with Gasteiger partial charge in [0.15, 0.2) is 0 Å². The van der Waals surface area contributed by atoms with Gasteiger partial charge in [0.1, 0.15) is 10.6 Å². The summed E-state index contributed by atoms with van der Waals surface area (Å²) in [5.74, 6) is 0.751. The van der Waals surface area contributed by atoms with Crippen molar-refractivity contribution in [1.82, 2.24) is 0 Å². The van der Waals surface area contributed by atoms with Gasteiger partial charge in [-0.05, 0) is 68.8 Å². The number of carbonyl (C=O) groups excluding carboxylic acids is 1. The molecule has 0 N–H and O–H groups in total. The molecule has 0 heterocycles. The highest BCUT2D eigenvalue weighted by Gasteiger charge is 2.32. The number of isocyanates is 1. The fourth-order valence-electron chi connectivity index (χ4n) is 3.80. The summed E-state index contributed by atoms with van der Waals surface area (Å²) in [5.41, 5.74) is 1.16. The maximum atomic E-state index is 10.4. The average Bonchev–Trinajstić information content (AvgIpc) is 2.51. The number of allylic oxidation sites excluding steroid dienone is 1. The van der Waals surface area contributed by atoms with Crippen LogP contribution >= 0.6 is 23.2 Å². The summed E-state index contributed by atoms with van der Waals surface area (Å²) in [5, 5.41) is 8.59. The fraction of sp³-hybridized carbons (Fsp3) is 0.750. The third kappa shape index (κ3) is 4.49. The summed E-state index contributed by atoms with van der Waals surface area (Å²) in [6, 6.07) is 0.101. The molecule has 0 aromatic rings. The molecule has 2 saturated carbocycles. The SMILES string of the molecule is N#COC1CCC(C(=C(Cl)Cl)C2CCC(N=C=O)CC2)CC1. The van der Waals surface area contributed by atoms with Crippen LogP contribution in [0.3, 0.4) is 0 Å². The molecule has 4 nitrogen and oxygen atoms in total. The maximum absolute atomic E-state index is 10.4. The number of nitrogens with zero attached hydrogens (tertiary/aromatic N) is 2. The minimum Gasteiger partial charge on any atom is -0.424 e. The summed E-state index contributed by atoms with van der Waals surface area (Å²) in [6.07, 6.45) is 10.8. The fourth-order valence-corrected chi connectivity index (χ4v) is 4.42. The molecule has 0 spiro atoms. The Morgan fingerprint density at radius 2 is 1.55 bits per heavy atom. The van der Waals surface area contributed by atoms with Gasteiger partial charge in [-0.3, -0.25) is 0 Å². The summed E-state index contributed by atoms with van der Waals surface area (Å²) >= 11 is 12.4. The van der Waals surface area contributed by atoms with E-state index in [1.807, 2.05) is 0 Å². The second kappa shape index (κ2) is 8.58. The van der Waals surface area contributed by atoms with Gasteiger partial charge in [-0.1, -0.05) is 23.2 Å². The lowest BCUT2D eigenvalue weighted by atomic mass is 9.73. The van der Waals surface area contributed by atoms with E-state index < -0.39 is 0 Å². The van der Waals surface area contributed by atoms with Crippen LogP contribution in [0, 0.1) is 23.4 Å². The van der Waals surface area contributed by atoms with Gasteiger partial charge < -0.3 is 4.74 Å². The highest BCUT2D eigenvalue weighted by atomic mass is 35.5. The van der Waals surface area contributed by atoms with E-state index in [1.165, 1.54) is 0 Å². The lowest BCUT2D eigenvalue weighted by Crippen LogP contribution is -2.26. The van der Waals surface area contributed by atoms with Crippen molar-refractivity contribution in [3.8, 4) is 6.26 Å². The molecule has 0 unspecified atom stereocenters. The Kier molecular flexibility index (Phi) is 6.76. The van der Waals surface area contributed by atoms with Crippen LogP contribution in [0.15, 0.2) is 15.1 Å². The first-order chi connectivity index (χ1) is 10.7. The molecule has 2 fully saturated rings. The Balaban J connectivity index is 1.97. The van der Waals surface area contributed by atoms with Gasteiger partial charge in [-0.2, -0.15) is 5.26 Å². The summed E-state index contributed by atoms with van der Waals surface area (Å²) in [4.78, 5) is 14.2. The van der Waals surface area contributed by atoms with Crippen LogP contribution in [0.1, 0.15) is 51.4 Å². The van der Waals surface area contributed by atoms with Crippen LogP contribution in [0.25, 0.3) is 0 Å². The molecule has 0 aromatic heterocycles. The van der Waals surface area contributed by atoms with E-state index in [1.54, 1.807) is 12.3 Å². The Bertz CT molecular complexity index is 489. The second-order valence-corrected chi connectivity index (χ2v) is 7.07. The van der Waals surface area contributed by atoms with Crippen molar-refractivity contribution in [2.45, 2.75) is 63.5 Å². The minimum absolute atomic E-state index is 0.0364. The van der Waals surface area contributed by atoms with Crippen molar-refractivity contribution in [3.63, 3.8) is 0 Å². The molecule has 0 radical (unpaired) electrons. The Morgan fingerprint density at radius 1 is 1.00 bits per heavy atom. The number of rotatable bonds is 4. The van der Waals surface area contributed by atoms with Gasteiger partial charge in [0.2, 0.25) is 6.08 Å². The van der Waals surface area contributed by atoms with Crippen LogP contribution < -0.4 is 0 Å².